The maximum atomic E-state index is 11.8. The van der Waals surface area contributed by atoms with Crippen molar-refractivity contribution in [1.82, 2.24) is 0 Å². The van der Waals surface area contributed by atoms with Gasteiger partial charge in [-0.05, 0) is 24.5 Å². The molecule has 1 rings (SSSR count). The molecule has 0 saturated heterocycles. The van der Waals surface area contributed by atoms with Gasteiger partial charge in [-0.25, -0.2) is 0 Å². The summed E-state index contributed by atoms with van der Waals surface area (Å²) in [6.45, 7) is 5.94. The van der Waals surface area contributed by atoms with Gasteiger partial charge in [-0.1, -0.05) is 32.9 Å². The van der Waals surface area contributed by atoms with Crippen LogP contribution in [-0.4, -0.2) is 11.8 Å². The number of rotatable bonds is 6. The van der Waals surface area contributed by atoms with Crippen molar-refractivity contribution in [3.05, 3.63) is 24.3 Å². The van der Waals surface area contributed by atoms with Gasteiger partial charge in [0.2, 0.25) is 11.8 Å². The molecule has 0 bridgehead atoms. The van der Waals surface area contributed by atoms with E-state index in [-0.39, 0.29) is 11.8 Å². The van der Waals surface area contributed by atoms with E-state index in [4.69, 9.17) is 0 Å². The summed E-state index contributed by atoms with van der Waals surface area (Å²) in [5.74, 6) is 0.238. The van der Waals surface area contributed by atoms with Crippen LogP contribution in [0.2, 0.25) is 0 Å². The summed E-state index contributed by atoms with van der Waals surface area (Å²) in [4.78, 5) is 23.4. The summed E-state index contributed by atoms with van der Waals surface area (Å²) in [6.07, 6.45) is 1.75. The number of anilines is 2. The van der Waals surface area contributed by atoms with Gasteiger partial charge in [0.1, 0.15) is 0 Å². The standard InChI is InChI=1S/C15H22N2O2/c1-4-7-14(18)16-12-8-5-6-9-13(12)17-15(19)10-11(2)3/h5-6,8-9,11H,4,7,10H2,1-3H3,(H,16,18)(H,17,19). The van der Waals surface area contributed by atoms with E-state index < -0.39 is 0 Å². The van der Waals surface area contributed by atoms with E-state index in [1.165, 1.54) is 0 Å². The molecule has 0 heterocycles. The molecule has 0 aliphatic carbocycles. The van der Waals surface area contributed by atoms with Crippen LogP contribution in [0.3, 0.4) is 0 Å². The van der Waals surface area contributed by atoms with Crippen LogP contribution in [0.4, 0.5) is 11.4 Å². The number of amides is 2. The van der Waals surface area contributed by atoms with Gasteiger partial charge in [0.15, 0.2) is 0 Å². The van der Waals surface area contributed by atoms with Crippen LogP contribution >= 0.6 is 0 Å². The van der Waals surface area contributed by atoms with Crippen molar-refractivity contribution in [2.45, 2.75) is 40.0 Å². The molecule has 0 radical (unpaired) electrons. The van der Waals surface area contributed by atoms with Gasteiger partial charge < -0.3 is 10.6 Å². The molecule has 1 aromatic rings. The lowest BCUT2D eigenvalue weighted by Crippen LogP contribution is -2.17. The second-order valence-corrected chi connectivity index (χ2v) is 4.99. The quantitative estimate of drug-likeness (QED) is 0.825. The minimum absolute atomic E-state index is 0.0342. The topological polar surface area (TPSA) is 58.2 Å². The van der Waals surface area contributed by atoms with Gasteiger partial charge in [-0.15, -0.1) is 0 Å². The smallest absolute Gasteiger partial charge is 0.224 e. The second-order valence-electron chi connectivity index (χ2n) is 4.99. The average Bonchev–Trinajstić information content (AvgIpc) is 2.30. The van der Waals surface area contributed by atoms with Crippen LogP contribution in [-0.2, 0) is 9.59 Å². The Balaban J connectivity index is 2.72. The Morgan fingerprint density at radius 1 is 1.05 bits per heavy atom. The van der Waals surface area contributed by atoms with Crippen molar-refractivity contribution in [3.63, 3.8) is 0 Å². The highest BCUT2D eigenvalue weighted by molar-refractivity contribution is 5.99. The highest BCUT2D eigenvalue weighted by Crippen LogP contribution is 2.21. The molecule has 0 fully saturated rings. The van der Waals surface area contributed by atoms with E-state index in [2.05, 4.69) is 10.6 Å². The van der Waals surface area contributed by atoms with Crippen molar-refractivity contribution >= 4 is 23.2 Å². The summed E-state index contributed by atoms with van der Waals surface area (Å²) >= 11 is 0. The molecule has 19 heavy (non-hydrogen) atoms. The van der Waals surface area contributed by atoms with Gasteiger partial charge in [0.25, 0.3) is 0 Å². The third-order valence-corrected chi connectivity index (χ3v) is 2.55. The predicted octanol–water partition coefficient (Wildman–Crippen LogP) is 3.41. The Kier molecular flexibility index (Phi) is 6.06. The number of hydrogen-bond donors (Lipinski definition) is 2. The highest BCUT2D eigenvalue weighted by atomic mass is 16.2. The van der Waals surface area contributed by atoms with E-state index in [0.29, 0.717) is 30.1 Å². The average molecular weight is 262 g/mol. The van der Waals surface area contributed by atoms with Gasteiger partial charge in [-0.2, -0.15) is 0 Å². The molecular formula is C15H22N2O2. The van der Waals surface area contributed by atoms with Gasteiger partial charge in [-0.3, -0.25) is 9.59 Å². The molecule has 0 aliphatic rings. The summed E-state index contributed by atoms with van der Waals surface area (Å²) in [6, 6.07) is 7.25. The molecule has 4 nitrogen and oxygen atoms in total. The Labute approximate surface area is 114 Å². The van der Waals surface area contributed by atoms with E-state index in [1.54, 1.807) is 12.1 Å². The first-order chi connectivity index (χ1) is 9.02. The maximum absolute atomic E-state index is 11.8. The van der Waals surface area contributed by atoms with Crippen molar-refractivity contribution in [2.75, 3.05) is 10.6 Å². The lowest BCUT2D eigenvalue weighted by molar-refractivity contribution is -0.117. The van der Waals surface area contributed by atoms with Crippen LogP contribution < -0.4 is 10.6 Å². The van der Waals surface area contributed by atoms with E-state index >= 15 is 0 Å². The fraction of sp³-hybridized carbons (Fsp3) is 0.467. The Morgan fingerprint density at radius 3 is 2.05 bits per heavy atom. The molecule has 0 aliphatic heterocycles. The lowest BCUT2D eigenvalue weighted by Gasteiger charge is -2.12. The molecule has 2 amide bonds. The Morgan fingerprint density at radius 2 is 1.58 bits per heavy atom. The summed E-state index contributed by atoms with van der Waals surface area (Å²) < 4.78 is 0. The molecule has 2 N–H and O–H groups in total. The van der Waals surface area contributed by atoms with E-state index in [9.17, 15) is 9.59 Å². The highest BCUT2D eigenvalue weighted by Gasteiger charge is 2.09. The van der Waals surface area contributed by atoms with Crippen LogP contribution in [0.1, 0.15) is 40.0 Å². The molecule has 0 unspecified atom stereocenters. The summed E-state index contributed by atoms with van der Waals surface area (Å²) in [5.41, 5.74) is 1.30. The van der Waals surface area contributed by atoms with Crippen molar-refractivity contribution in [1.29, 1.82) is 0 Å². The molecule has 0 atom stereocenters. The number of carbonyl (C=O) groups is 2. The van der Waals surface area contributed by atoms with Gasteiger partial charge in [0, 0.05) is 12.8 Å². The van der Waals surface area contributed by atoms with Crippen LogP contribution in [0, 0.1) is 5.92 Å². The molecule has 1 aromatic carbocycles. The SMILES string of the molecule is CCCC(=O)Nc1ccccc1NC(=O)CC(C)C. The second kappa shape index (κ2) is 7.56. The molecule has 0 spiro atoms. The fourth-order valence-corrected chi connectivity index (χ4v) is 1.71. The van der Waals surface area contributed by atoms with Gasteiger partial charge in [0.05, 0.1) is 11.4 Å². The number of benzene rings is 1. The minimum Gasteiger partial charge on any atom is -0.324 e. The van der Waals surface area contributed by atoms with E-state index in [1.807, 2.05) is 32.9 Å². The fourth-order valence-electron chi connectivity index (χ4n) is 1.71. The largest absolute Gasteiger partial charge is 0.324 e. The number of hydrogen-bond acceptors (Lipinski definition) is 2. The van der Waals surface area contributed by atoms with Crippen LogP contribution in [0.25, 0.3) is 0 Å². The Hall–Kier alpha value is -1.84. The molecule has 0 aromatic heterocycles. The zero-order chi connectivity index (χ0) is 14.3. The first kappa shape index (κ1) is 15.2. The van der Waals surface area contributed by atoms with Gasteiger partial charge >= 0.3 is 0 Å². The summed E-state index contributed by atoms with van der Waals surface area (Å²) in [5, 5.41) is 5.65. The molecule has 104 valence electrons. The first-order valence-corrected chi connectivity index (χ1v) is 6.71. The molecular weight excluding hydrogens is 240 g/mol. The zero-order valence-corrected chi connectivity index (χ0v) is 11.8. The van der Waals surface area contributed by atoms with Crippen LogP contribution in [0.15, 0.2) is 24.3 Å². The number of para-hydroxylation sites is 2. The molecule has 0 saturated carbocycles. The molecule has 4 heteroatoms. The third kappa shape index (κ3) is 5.55. The Bertz CT molecular complexity index is 442. The monoisotopic (exact) mass is 262 g/mol. The third-order valence-electron chi connectivity index (χ3n) is 2.55. The van der Waals surface area contributed by atoms with Crippen molar-refractivity contribution < 1.29 is 9.59 Å². The predicted molar refractivity (Wildman–Crippen MR) is 78.1 cm³/mol. The number of nitrogens with one attached hydrogen (secondary N) is 2. The first-order valence-electron chi connectivity index (χ1n) is 6.71. The minimum atomic E-state index is -0.0350. The van der Waals surface area contributed by atoms with Crippen molar-refractivity contribution in [3.8, 4) is 0 Å². The van der Waals surface area contributed by atoms with Crippen LogP contribution in [0.5, 0.6) is 0 Å². The normalized spacial score (nSPS) is 10.3. The zero-order valence-electron chi connectivity index (χ0n) is 11.8. The van der Waals surface area contributed by atoms with E-state index in [0.717, 1.165) is 6.42 Å². The number of carbonyl (C=O) groups excluding carboxylic acids is 2. The summed E-state index contributed by atoms with van der Waals surface area (Å²) in [7, 11) is 0. The lowest BCUT2D eigenvalue weighted by atomic mass is 10.1. The van der Waals surface area contributed by atoms with Crippen molar-refractivity contribution in [2.24, 2.45) is 5.92 Å². The maximum Gasteiger partial charge on any atom is 0.224 e.